The van der Waals surface area contributed by atoms with Gasteiger partial charge in [0.1, 0.15) is 5.82 Å². The van der Waals surface area contributed by atoms with Gasteiger partial charge in [-0.15, -0.1) is 0 Å². The van der Waals surface area contributed by atoms with E-state index in [-0.39, 0.29) is 17.5 Å². The first-order valence-electron chi connectivity index (χ1n) is 10.1. The first-order chi connectivity index (χ1) is 14.0. The molecule has 0 aromatic heterocycles. The molecule has 6 heteroatoms. The third kappa shape index (κ3) is 6.04. The number of hydrogen-bond donors (Lipinski definition) is 2. The summed E-state index contributed by atoms with van der Waals surface area (Å²) in [7, 11) is 0. The summed E-state index contributed by atoms with van der Waals surface area (Å²) in [4.78, 5) is 26.2. The highest BCUT2D eigenvalue weighted by atomic mass is 19.1. The molecule has 2 aromatic carbocycles. The molecule has 1 saturated heterocycles. The van der Waals surface area contributed by atoms with Gasteiger partial charge in [-0.1, -0.05) is 36.4 Å². The number of carbonyl (C=O) groups excluding carboxylic acids is 2. The van der Waals surface area contributed by atoms with Crippen LogP contribution in [0.15, 0.2) is 48.5 Å². The zero-order valence-electron chi connectivity index (χ0n) is 16.8. The number of nitrogens with one attached hydrogen (secondary N) is 2. The summed E-state index contributed by atoms with van der Waals surface area (Å²) in [5.41, 5.74) is 2.13. The number of aryl methyl sites for hydroxylation is 1. The first kappa shape index (κ1) is 20.8. The SMILES string of the molecule is Cc1ccc(C(=O)NCCNC(=O)N2CCC(Cc3ccccc3)CC2)cc1F. The van der Waals surface area contributed by atoms with Crippen LogP contribution in [-0.4, -0.2) is 43.0 Å². The number of rotatable bonds is 6. The molecule has 2 N–H and O–H groups in total. The Morgan fingerprint density at radius 2 is 1.72 bits per heavy atom. The van der Waals surface area contributed by atoms with Crippen molar-refractivity contribution in [2.45, 2.75) is 26.2 Å². The summed E-state index contributed by atoms with van der Waals surface area (Å²) >= 11 is 0. The van der Waals surface area contributed by atoms with Gasteiger partial charge in [0.05, 0.1) is 0 Å². The van der Waals surface area contributed by atoms with Gasteiger partial charge in [0, 0.05) is 31.7 Å². The number of urea groups is 1. The third-order valence-corrected chi connectivity index (χ3v) is 5.39. The van der Waals surface area contributed by atoms with Crippen molar-refractivity contribution in [1.29, 1.82) is 0 Å². The summed E-state index contributed by atoms with van der Waals surface area (Å²) < 4.78 is 13.5. The maximum absolute atomic E-state index is 13.5. The molecule has 1 fully saturated rings. The maximum Gasteiger partial charge on any atom is 0.317 e. The van der Waals surface area contributed by atoms with Crippen LogP contribution in [0.1, 0.15) is 34.3 Å². The van der Waals surface area contributed by atoms with E-state index in [1.165, 1.54) is 11.6 Å². The van der Waals surface area contributed by atoms with E-state index in [2.05, 4.69) is 34.9 Å². The molecule has 0 spiro atoms. The van der Waals surface area contributed by atoms with Crippen LogP contribution in [0.5, 0.6) is 0 Å². The van der Waals surface area contributed by atoms with Crippen LogP contribution in [0.4, 0.5) is 9.18 Å². The van der Waals surface area contributed by atoms with Crippen LogP contribution >= 0.6 is 0 Å². The minimum absolute atomic E-state index is 0.0983. The molecule has 0 unspecified atom stereocenters. The van der Waals surface area contributed by atoms with E-state index in [1.54, 1.807) is 19.1 Å². The molecular formula is C23H28FN3O2. The Kier molecular flexibility index (Phi) is 7.22. The lowest BCUT2D eigenvalue weighted by Crippen LogP contribution is -2.46. The van der Waals surface area contributed by atoms with Gasteiger partial charge < -0.3 is 15.5 Å². The minimum Gasteiger partial charge on any atom is -0.350 e. The summed E-state index contributed by atoms with van der Waals surface area (Å²) in [5.74, 6) is -0.142. The Hall–Kier alpha value is -2.89. The van der Waals surface area contributed by atoms with Crippen LogP contribution in [0.3, 0.4) is 0 Å². The molecule has 29 heavy (non-hydrogen) atoms. The Balaban J connectivity index is 1.34. The second kappa shape index (κ2) is 10.0. The minimum atomic E-state index is -0.401. The lowest BCUT2D eigenvalue weighted by atomic mass is 9.90. The molecule has 3 amide bonds. The Morgan fingerprint density at radius 1 is 1.03 bits per heavy atom. The summed E-state index contributed by atoms with van der Waals surface area (Å²) in [6.45, 7) is 3.78. The quantitative estimate of drug-likeness (QED) is 0.733. The van der Waals surface area contributed by atoms with Crippen LogP contribution in [-0.2, 0) is 6.42 Å². The van der Waals surface area contributed by atoms with Crippen molar-refractivity contribution in [2.24, 2.45) is 5.92 Å². The standard InChI is InChI=1S/C23H28FN3O2/c1-17-7-8-20(16-21(17)24)22(28)25-11-12-26-23(29)27-13-9-19(10-14-27)15-18-5-3-2-4-6-18/h2-8,16,19H,9-15H2,1H3,(H,25,28)(H,26,29). The summed E-state index contributed by atoms with van der Waals surface area (Å²) in [5, 5.41) is 5.54. The smallest absolute Gasteiger partial charge is 0.317 e. The third-order valence-electron chi connectivity index (χ3n) is 5.39. The van der Waals surface area contributed by atoms with Crippen molar-refractivity contribution in [3.63, 3.8) is 0 Å². The summed E-state index contributed by atoms with van der Waals surface area (Å²) in [6, 6.07) is 14.7. The number of halogens is 1. The van der Waals surface area contributed by atoms with E-state index >= 15 is 0 Å². The van der Waals surface area contributed by atoms with E-state index in [0.29, 0.717) is 24.6 Å². The number of amides is 3. The van der Waals surface area contributed by atoms with Crippen molar-refractivity contribution < 1.29 is 14.0 Å². The highest BCUT2D eigenvalue weighted by Gasteiger charge is 2.22. The topological polar surface area (TPSA) is 61.4 Å². The monoisotopic (exact) mass is 397 g/mol. The average Bonchev–Trinajstić information content (AvgIpc) is 2.74. The number of benzene rings is 2. The molecule has 2 aromatic rings. The zero-order valence-corrected chi connectivity index (χ0v) is 16.8. The van der Waals surface area contributed by atoms with E-state index in [1.807, 2.05) is 11.0 Å². The van der Waals surface area contributed by atoms with Crippen molar-refractivity contribution >= 4 is 11.9 Å². The molecule has 0 bridgehead atoms. The Morgan fingerprint density at radius 3 is 2.41 bits per heavy atom. The number of likely N-dealkylation sites (tertiary alicyclic amines) is 1. The van der Waals surface area contributed by atoms with Gasteiger partial charge in [0.2, 0.25) is 0 Å². The molecule has 0 saturated carbocycles. The number of piperidine rings is 1. The lowest BCUT2D eigenvalue weighted by Gasteiger charge is -2.32. The Bertz CT molecular complexity index is 833. The highest BCUT2D eigenvalue weighted by Crippen LogP contribution is 2.21. The molecular weight excluding hydrogens is 369 g/mol. The van der Waals surface area contributed by atoms with Gasteiger partial charge in [-0.05, 0) is 55.4 Å². The normalized spacial score (nSPS) is 14.5. The average molecular weight is 397 g/mol. The first-order valence-corrected chi connectivity index (χ1v) is 10.1. The van der Waals surface area contributed by atoms with Crippen molar-refractivity contribution in [3.05, 3.63) is 71.0 Å². The molecule has 5 nitrogen and oxygen atoms in total. The predicted molar refractivity (Wildman–Crippen MR) is 111 cm³/mol. The van der Waals surface area contributed by atoms with E-state index in [4.69, 9.17) is 0 Å². The fourth-order valence-corrected chi connectivity index (χ4v) is 3.58. The van der Waals surface area contributed by atoms with Gasteiger partial charge >= 0.3 is 6.03 Å². The van der Waals surface area contributed by atoms with Gasteiger partial charge in [0.25, 0.3) is 5.91 Å². The lowest BCUT2D eigenvalue weighted by molar-refractivity contribution is 0.0952. The molecule has 0 atom stereocenters. The number of nitrogens with zero attached hydrogens (tertiary/aromatic N) is 1. The van der Waals surface area contributed by atoms with Crippen LogP contribution in [0.2, 0.25) is 0 Å². The van der Waals surface area contributed by atoms with Gasteiger partial charge in [-0.3, -0.25) is 4.79 Å². The van der Waals surface area contributed by atoms with Crippen LogP contribution in [0.25, 0.3) is 0 Å². The predicted octanol–water partition coefficient (Wildman–Crippen LogP) is 3.53. The number of hydrogen-bond acceptors (Lipinski definition) is 2. The van der Waals surface area contributed by atoms with Gasteiger partial charge in [0.15, 0.2) is 0 Å². The molecule has 0 radical (unpaired) electrons. The largest absolute Gasteiger partial charge is 0.350 e. The van der Waals surface area contributed by atoms with Crippen LogP contribution in [0, 0.1) is 18.7 Å². The van der Waals surface area contributed by atoms with Crippen LogP contribution < -0.4 is 10.6 Å². The molecule has 1 aliphatic rings. The molecule has 3 rings (SSSR count). The van der Waals surface area contributed by atoms with Gasteiger partial charge in [-0.2, -0.15) is 0 Å². The summed E-state index contributed by atoms with van der Waals surface area (Å²) in [6.07, 6.45) is 3.05. The van der Waals surface area contributed by atoms with Gasteiger partial charge in [-0.25, -0.2) is 9.18 Å². The molecule has 1 aliphatic heterocycles. The highest BCUT2D eigenvalue weighted by molar-refractivity contribution is 5.94. The fourth-order valence-electron chi connectivity index (χ4n) is 3.58. The second-order valence-electron chi connectivity index (χ2n) is 7.57. The van der Waals surface area contributed by atoms with Crippen molar-refractivity contribution in [1.82, 2.24) is 15.5 Å². The molecule has 0 aliphatic carbocycles. The Labute approximate surface area is 171 Å². The maximum atomic E-state index is 13.5. The van der Waals surface area contributed by atoms with Crippen molar-refractivity contribution in [3.8, 4) is 0 Å². The number of carbonyl (C=O) groups is 2. The van der Waals surface area contributed by atoms with E-state index < -0.39 is 5.82 Å². The molecule has 1 heterocycles. The fraction of sp³-hybridized carbons (Fsp3) is 0.391. The van der Waals surface area contributed by atoms with E-state index in [0.717, 1.165) is 32.4 Å². The molecule has 154 valence electrons. The van der Waals surface area contributed by atoms with E-state index in [9.17, 15) is 14.0 Å². The zero-order chi connectivity index (χ0) is 20.6. The second-order valence-corrected chi connectivity index (χ2v) is 7.57. The van der Waals surface area contributed by atoms with Crippen molar-refractivity contribution in [2.75, 3.05) is 26.2 Å².